The minimum atomic E-state index is -0.822. The summed E-state index contributed by atoms with van der Waals surface area (Å²) in [5.41, 5.74) is 5.05. The van der Waals surface area contributed by atoms with Gasteiger partial charge in [-0.2, -0.15) is 0 Å². The van der Waals surface area contributed by atoms with Crippen LogP contribution in [-0.2, 0) is 9.59 Å². The lowest BCUT2D eigenvalue weighted by Crippen LogP contribution is -2.57. The second-order valence-corrected chi connectivity index (χ2v) is 14.5. The van der Waals surface area contributed by atoms with Gasteiger partial charge < -0.3 is 15.5 Å². The molecule has 0 spiro atoms. The van der Waals surface area contributed by atoms with E-state index in [0.29, 0.717) is 18.0 Å². The molecule has 1 aliphatic heterocycles. The maximum Gasteiger partial charge on any atom is 0.280 e. The van der Waals surface area contributed by atoms with E-state index in [2.05, 4.69) is 36.5 Å². The predicted molar refractivity (Wildman–Crippen MR) is 172 cm³/mol. The van der Waals surface area contributed by atoms with E-state index in [1.807, 2.05) is 82.6 Å². The largest absolute Gasteiger partial charge is 0.348 e. The van der Waals surface area contributed by atoms with E-state index in [4.69, 9.17) is 0 Å². The Labute approximate surface area is 262 Å². The van der Waals surface area contributed by atoms with Crippen LogP contribution in [0.15, 0.2) is 52.4 Å². The Kier molecular flexibility index (Phi) is 8.82. The molecule has 0 aliphatic carbocycles. The molecule has 11 heteroatoms. The lowest BCUT2D eigenvalue weighted by molar-refractivity contribution is -0.142. The first-order valence-electron chi connectivity index (χ1n) is 13.9. The van der Waals surface area contributed by atoms with Gasteiger partial charge in [0.25, 0.3) is 5.91 Å². The molecular weight excluding hydrogens is 634 g/mol. The molecule has 1 saturated heterocycles. The van der Waals surface area contributed by atoms with Crippen molar-refractivity contribution in [1.82, 2.24) is 25.5 Å². The van der Waals surface area contributed by atoms with Gasteiger partial charge in [-0.05, 0) is 61.4 Å². The highest BCUT2D eigenvalue weighted by molar-refractivity contribution is 9.10. The fourth-order valence-corrected chi connectivity index (χ4v) is 7.21. The van der Waals surface area contributed by atoms with Crippen molar-refractivity contribution in [2.75, 3.05) is 6.54 Å². The highest BCUT2D eigenvalue weighted by Gasteiger charge is 2.42. The fourth-order valence-electron chi connectivity index (χ4n) is 5.20. The summed E-state index contributed by atoms with van der Waals surface area (Å²) in [6, 6.07) is 12.1. The number of nitrogens with zero attached hydrogens (tertiary/aromatic N) is 3. The molecule has 0 saturated carbocycles. The molecule has 2 aromatic heterocycles. The van der Waals surface area contributed by atoms with Gasteiger partial charge in [-0.3, -0.25) is 14.4 Å². The first-order valence-corrected chi connectivity index (χ1v) is 16.4. The Morgan fingerprint density at radius 2 is 1.83 bits per heavy atom. The zero-order valence-electron chi connectivity index (χ0n) is 24.2. The lowest BCUT2D eigenvalue weighted by Gasteiger charge is -2.35. The van der Waals surface area contributed by atoms with Gasteiger partial charge in [0.2, 0.25) is 11.8 Å². The summed E-state index contributed by atoms with van der Waals surface area (Å²) in [5.74, 6) is -0.841. The molecule has 1 fully saturated rings. The van der Waals surface area contributed by atoms with E-state index in [1.54, 1.807) is 16.2 Å². The Balaban J connectivity index is 1.27. The molecule has 4 aromatic rings. The van der Waals surface area contributed by atoms with E-state index in [0.717, 1.165) is 42.8 Å². The zero-order chi connectivity index (χ0) is 30.2. The highest BCUT2D eigenvalue weighted by Crippen LogP contribution is 2.30. The van der Waals surface area contributed by atoms with Crippen molar-refractivity contribution in [2.45, 2.75) is 65.6 Å². The maximum absolute atomic E-state index is 13.9. The summed E-state index contributed by atoms with van der Waals surface area (Å²) in [4.78, 5) is 52.3. The zero-order valence-corrected chi connectivity index (χ0v) is 27.5. The summed E-state index contributed by atoms with van der Waals surface area (Å²) in [5, 5.41) is 6.35. The monoisotopic (exact) mass is 667 g/mol. The van der Waals surface area contributed by atoms with Gasteiger partial charge in [0, 0.05) is 11.0 Å². The quantitative estimate of drug-likeness (QED) is 0.234. The molecular formula is C31H34BrN5O3S2. The van der Waals surface area contributed by atoms with Crippen molar-refractivity contribution in [2.24, 2.45) is 5.41 Å². The molecule has 1 unspecified atom stereocenters. The van der Waals surface area contributed by atoms with Crippen molar-refractivity contribution < 1.29 is 14.4 Å². The molecule has 42 heavy (non-hydrogen) atoms. The lowest BCUT2D eigenvalue weighted by atomic mass is 9.85. The molecule has 0 bridgehead atoms. The first kappa shape index (κ1) is 30.3. The number of likely N-dealkylation sites (tertiary alicyclic amines) is 1. The maximum atomic E-state index is 13.9. The number of amides is 3. The number of thiazole rings is 2. The number of carbonyl (C=O) groups excluding carboxylic acids is 3. The van der Waals surface area contributed by atoms with Gasteiger partial charge in [0.15, 0.2) is 5.01 Å². The van der Waals surface area contributed by atoms with Gasteiger partial charge in [-0.1, -0.05) is 61.0 Å². The van der Waals surface area contributed by atoms with E-state index in [9.17, 15) is 14.4 Å². The van der Waals surface area contributed by atoms with E-state index in [-0.39, 0.29) is 17.9 Å². The molecule has 3 heterocycles. The Bertz CT molecular complexity index is 1630. The molecule has 2 N–H and O–H groups in total. The van der Waals surface area contributed by atoms with E-state index >= 15 is 0 Å². The Morgan fingerprint density at radius 3 is 2.50 bits per heavy atom. The smallest absolute Gasteiger partial charge is 0.280 e. The summed E-state index contributed by atoms with van der Waals surface area (Å²) in [6.07, 6.45) is 1.30. The van der Waals surface area contributed by atoms with Crippen LogP contribution >= 0.6 is 38.6 Å². The van der Waals surface area contributed by atoms with Crippen molar-refractivity contribution in [3.8, 4) is 10.4 Å². The third kappa shape index (κ3) is 6.43. The number of nitrogens with one attached hydrogen (secondary N) is 2. The second kappa shape index (κ2) is 12.2. The van der Waals surface area contributed by atoms with Crippen molar-refractivity contribution in [3.05, 3.63) is 68.7 Å². The number of fused-ring (bicyclic) bond motifs is 1. The minimum absolute atomic E-state index is 0.188. The fraction of sp³-hybridized carbons (Fsp3) is 0.387. The molecule has 1 aliphatic rings. The molecule has 0 radical (unpaired) electrons. The predicted octanol–water partition coefficient (Wildman–Crippen LogP) is 6.50. The normalized spacial score (nSPS) is 16.8. The van der Waals surface area contributed by atoms with Crippen LogP contribution in [0.5, 0.6) is 0 Å². The molecule has 2 aromatic carbocycles. The second-order valence-electron chi connectivity index (χ2n) is 11.7. The number of carbonyl (C=O) groups is 3. The topological polar surface area (TPSA) is 104 Å². The van der Waals surface area contributed by atoms with Gasteiger partial charge in [0.1, 0.15) is 12.1 Å². The third-order valence-electron chi connectivity index (χ3n) is 7.55. The number of hydrogen-bond donors (Lipinski definition) is 2. The summed E-state index contributed by atoms with van der Waals surface area (Å²) >= 11 is 6.33. The summed E-state index contributed by atoms with van der Waals surface area (Å²) in [6.45, 7) is 10.1. The standard InChI is InChI=1S/C31H34BrN5O3S2/c1-17(19-8-10-20(11-9-19)25-18(2)33-16-41-25)34-27(38)23-7-6-14-37(23)30(40)26(31(3,4)5)36-28(39)29-35-22-15-21(32)12-13-24(22)42-29/h8-13,15-17,23,26H,6-7,14H2,1-5H3,(H,34,38)(H,36,39)/t17-,23-,26?/m0/s1. The SMILES string of the molecule is Cc1ncsc1-c1ccc([C@H](C)NC(=O)[C@@H]2CCCN2C(=O)C(NC(=O)c2nc3cc(Br)ccc3s2)C(C)(C)C)cc1. The number of benzene rings is 2. The third-order valence-corrected chi connectivity index (χ3v) is 10.1. The molecule has 5 rings (SSSR count). The van der Waals surface area contributed by atoms with Crippen LogP contribution in [0.1, 0.15) is 67.6 Å². The van der Waals surface area contributed by atoms with Crippen molar-refractivity contribution in [1.29, 1.82) is 0 Å². The summed E-state index contributed by atoms with van der Waals surface area (Å²) in [7, 11) is 0. The van der Waals surface area contributed by atoms with Crippen LogP contribution in [0.4, 0.5) is 0 Å². The van der Waals surface area contributed by atoms with Crippen LogP contribution in [0.25, 0.3) is 20.7 Å². The van der Waals surface area contributed by atoms with Crippen molar-refractivity contribution >= 4 is 66.5 Å². The number of aromatic nitrogens is 2. The Morgan fingerprint density at radius 1 is 1.10 bits per heavy atom. The highest BCUT2D eigenvalue weighted by atomic mass is 79.9. The van der Waals surface area contributed by atoms with E-state index < -0.39 is 23.4 Å². The van der Waals surface area contributed by atoms with Crippen LogP contribution < -0.4 is 10.6 Å². The molecule has 8 nitrogen and oxygen atoms in total. The van der Waals surface area contributed by atoms with Crippen LogP contribution in [0.3, 0.4) is 0 Å². The van der Waals surface area contributed by atoms with Gasteiger partial charge in [-0.15, -0.1) is 22.7 Å². The van der Waals surface area contributed by atoms with Crippen molar-refractivity contribution in [3.63, 3.8) is 0 Å². The first-order chi connectivity index (χ1) is 19.9. The van der Waals surface area contributed by atoms with Crippen LogP contribution in [-0.4, -0.2) is 51.2 Å². The number of aryl methyl sites for hydroxylation is 1. The molecule has 3 atom stereocenters. The minimum Gasteiger partial charge on any atom is -0.348 e. The van der Waals surface area contributed by atoms with Gasteiger partial charge >= 0.3 is 0 Å². The molecule has 3 amide bonds. The molecule has 220 valence electrons. The Hall–Kier alpha value is -3.15. The average Bonchev–Trinajstić information content (AvgIpc) is 3.70. The number of rotatable bonds is 7. The summed E-state index contributed by atoms with van der Waals surface area (Å²) < 4.78 is 1.77. The number of hydrogen-bond acceptors (Lipinski definition) is 7. The van der Waals surface area contributed by atoms with Gasteiger partial charge in [0.05, 0.1) is 32.3 Å². The van der Waals surface area contributed by atoms with E-state index in [1.165, 1.54) is 11.3 Å². The number of halogens is 1. The van der Waals surface area contributed by atoms with Crippen LogP contribution in [0, 0.1) is 12.3 Å². The van der Waals surface area contributed by atoms with Crippen LogP contribution in [0.2, 0.25) is 0 Å². The average molecular weight is 669 g/mol. The van der Waals surface area contributed by atoms with Gasteiger partial charge in [-0.25, -0.2) is 9.97 Å².